The number of phosphoric ester groups is 1. The molecule has 0 aliphatic carbocycles. The van der Waals surface area contributed by atoms with E-state index in [0.29, 0.717) is 17.4 Å². The molecule has 0 aromatic carbocycles. The molecule has 57 heavy (non-hydrogen) atoms. The van der Waals surface area contributed by atoms with Gasteiger partial charge in [0.2, 0.25) is 5.91 Å². The smallest absolute Gasteiger partial charge is 0.268 e. The van der Waals surface area contributed by atoms with Crippen molar-refractivity contribution in [1.29, 1.82) is 0 Å². The Labute approximate surface area is 352 Å². The third-order valence-corrected chi connectivity index (χ3v) is 11.2. The Hall–Kier alpha value is -1.54. The first-order valence-electron chi connectivity index (χ1n) is 23.5. The van der Waals surface area contributed by atoms with Crippen LogP contribution in [0.15, 0.2) is 48.6 Å². The van der Waals surface area contributed by atoms with E-state index in [-0.39, 0.29) is 12.5 Å². The molecule has 0 heterocycles. The van der Waals surface area contributed by atoms with Crippen molar-refractivity contribution in [2.45, 2.75) is 212 Å². The van der Waals surface area contributed by atoms with Gasteiger partial charge in [0, 0.05) is 6.42 Å². The van der Waals surface area contributed by atoms with Gasteiger partial charge in [0.05, 0.1) is 39.9 Å². The summed E-state index contributed by atoms with van der Waals surface area (Å²) in [5.41, 5.74) is 0. The van der Waals surface area contributed by atoms with E-state index in [1.54, 1.807) is 6.08 Å². The molecule has 0 aromatic heterocycles. The van der Waals surface area contributed by atoms with Gasteiger partial charge in [-0.2, -0.15) is 0 Å². The van der Waals surface area contributed by atoms with E-state index in [0.717, 1.165) is 44.9 Å². The minimum atomic E-state index is -4.59. The first-order chi connectivity index (χ1) is 27.5. The van der Waals surface area contributed by atoms with Gasteiger partial charge in [0.15, 0.2) is 0 Å². The number of likely N-dealkylation sites (N-methyl/N-ethyl adjacent to an activating group) is 1. The summed E-state index contributed by atoms with van der Waals surface area (Å²) in [6.45, 7) is 4.53. The number of quaternary nitrogens is 1. The average molecular weight is 823 g/mol. The highest BCUT2D eigenvalue weighted by Gasteiger charge is 2.23. The van der Waals surface area contributed by atoms with Crippen LogP contribution >= 0.6 is 7.82 Å². The zero-order chi connectivity index (χ0) is 42.1. The van der Waals surface area contributed by atoms with Crippen LogP contribution in [-0.2, 0) is 18.4 Å². The van der Waals surface area contributed by atoms with E-state index >= 15 is 0 Å². The number of amides is 1. The molecule has 0 fully saturated rings. The van der Waals surface area contributed by atoms with Crippen molar-refractivity contribution in [2.24, 2.45) is 0 Å². The first kappa shape index (κ1) is 55.5. The van der Waals surface area contributed by atoms with Crippen LogP contribution in [0.5, 0.6) is 0 Å². The largest absolute Gasteiger partial charge is 0.756 e. The van der Waals surface area contributed by atoms with Crippen molar-refractivity contribution < 1.29 is 32.9 Å². The maximum absolute atomic E-state index is 12.8. The van der Waals surface area contributed by atoms with Crippen molar-refractivity contribution in [1.82, 2.24) is 5.32 Å². The minimum Gasteiger partial charge on any atom is -0.756 e. The summed E-state index contributed by atoms with van der Waals surface area (Å²) in [4.78, 5) is 25.2. The van der Waals surface area contributed by atoms with Crippen LogP contribution in [0.1, 0.15) is 200 Å². The summed E-state index contributed by atoms with van der Waals surface area (Å²) in [5.74, 6) is -0.212. The van der Waals surface area contributed by atoms with Crippen molar-refractivity contribution in [3.05, 3.63) is 48.6 Å². The number of carbonyl (C=O) groups is 1. The van der Waals surface area contributed by atoms with Gasteiger partial charge in [-0.1, -0.05) is 184 Å². The van der Waals surface area contributed by atoms with Crippen LogP contribution in [-0.4, -0.2) is 68.5 Å². The number of rotatable bonds is 42. The van der Waals surface area contributed by atoms with Gasteiger partial charge in [-0.3, -0.25) is 9.36 Å². The lowest BCUT2D eigenvalue weighted by Crippen LogP contribution is -2.45. The number of allylic oxidation sites excluding steroid dienone is 7. The fourth-order valence-electron chi connectivity index (χ4n) is 6.48. The summed E-state index contributed by atoms with van der Waals surface area (Å²) in [6.07, 6.45) is 50.5. The molecular weight excluding hydrogens is 732 g/mol. The van der Waals surface area contributed by atoms with Crippen molar-refractivity contribution in [3.8, 4) is 0 Å². The molecule has 0 rings (SSSR count). The van der Waals surface area contributed by atoms with Crippen LogP contribution in [0.3, 0.4) is 0 Å². The molecule has 0 aliphatic rings. The molecule has 0 aromatic rings. The Bertz CT molecular complexity index is 1070. The highest BCUT2D eigenvalue weighted by atomic mass is 31.2. The van der Waals surface area contributed by atoms with E-state index in [9.17, 15) is 19.4 Å². The molecule has 9 heteroatoms. The van der Waals surface area contributed by atoms with Crippen LogP contribution in [0, 0.1) is 0 Å². The average Bonchev–Trinajstić information content (AvgIpc) is 3.16. The molecule has 1 amide bonds. The third-order valence-electron chi connectivity index (χ3n) is 10.3. The summed E-state index contributed by atoms with van der Waals surface area (Å²) < 4.78 is 23.1. The molecule has 0 aliphatic heterocycles. The van der Waals surface area contributed by atoms with Crippen molar-refractivity contribution >= 4 is 13.7 Å². The topological polar surface area (TPSA) is 108 Å². The SMILES string of the molecule is CCCC/C=C/CC/C=C/C(O)C(COP(=O)([O-])OCC[N+](C)(C)C)NC(=O)CCCCCCCCCCCCCCCCC/C=C\C/C=C\CCCCCCC. The fraction of sp³-hybridized carbons (Fsp3) is 0.812. The summed E-state index contributed by atoms with van der Waals surface area (Å²) in [6, 6.07) is -0.900. The number of hydrogen-bond acceptors (Lipinski definition) is 6. The molecule has 0 saturated carbocycles. The van der Waals surface area contributed by atoms with Crippen LogP contribution in [0.4, 0.5) is 0 Å². The predicted molar refractivity (Wildman–Crippen MR) is 242 cm³/mol. The Balaban J connectivity index is 4.07. The molecule has 3 unspecified atom stereocenters. The first-order valence-corrected chi connectivity index (χ1v) is 25.0. The maximum atomic E-state index is 12.8. The Morgan fingerprint density at radius 3 is 1.58 bits per heavy atom. The number of hydrogen-bond donors (Lipinski definition) is 2. The lowest BCUT2D eigenvalue weighted by molar-refractivity contribution is -0.870. The summed E-state index contributed by atoms with van der Waals surface area (Å²) in [7, 11) is 1.24. The number of unbranched alkanes of at least 4 members (excludes halogenated alkanes) is 23. The summed E-state index contributed by atoms with van der Waals surface area (Å²) >= 11 is 0. The fourth-order valence-corrected chi connectivity index (χ4v) is 7.20. The number of aliphatic hydroxyl groups excluding tert-OH is 1. The van der Waals surface area contributed by atoms with E-state index in [1.807, 2.05) is 27.2 Å². The van der Waals surface area contributed by atoms with E-state index in [2.05, 4.69) is 55.6 Å². The number of phosphoric acid groups is 1. The normalized spacial score (nSPS) is 14.7. The zero-order valence-corrected chi connectivity index (χ0v) is 38.7. The van der Waals surface area contributed by atoms with Crippen molar-refractivity contribution in [2.75, 3.05) is 40.9 Å². The Morgan fingerprint density at radius 2 is 1.05 bits per heavy atom. The molecule has 0 saturated heterocycles. The van der Waals surface area contributed by atoms with Gasteiger partial charge in [-0.05, 0) is 57.8 Å². The Morgan fingerprint density at radius 1 is 0.614 bits per heavy atom. The van der Waals surface area contributed by atoms with Gasteiger partial charge in [0.1, 0.15) is 13.2 Å². The number of nitrogens with zero attached hydrogens (tertiary/aromatic N) is 1. The van der Waals surface area contributed by atoms with Gasteiger partial charge < -0.3 is 28.8 Å². The van der Waals surface area contributed by atoms with Crippen molar-refractivity contribution in [3.63, 3.8) is 0 Å². The Kier molecular flexibility index (Phi) is 38.8. The highest BCUT2D eigenvalue weighted by molar-refractivity contribution is 7.45. The number of aliphatic hydroxyl groups is 1. The standard InChI is InChI=1S/C48H91N2O6P/c1-6-8-10-12-14-16-17-18-19-20-21-22-23-24-25-26-27-28-29-30-31-32-33-34-36-38-40-42-48(52)49-46(45-56-57(53,54)55-44-43-50(3,4)5)47(51)41-39-37-35-15-13-11-9-7-2/h13,15,17-18,20-21,39,41,46-47,51H,6-12,14,16,19,22-38,40,42-45H2,1-5H3,(H-,49,52,53,54)/b15-13+,18-17-,21-20-,41-39+. The molecular formula is C48H91N2O6P. The van der Waals surface area contributed by atoms with Crippen LogP contribution in [0.2, 0.25) is 0 Å². The summed E-state index contributed by atoms with van der Waals surface area (Å²) in [5, 5.41) is 13.7. The number of nitrogens with one attached hydrogen (secondary N) is 1. The zero-order valence-electron chi connectivity index (χ0n) is 37.8. The van der Waals surface area contributed by atoms with Gasteiger partial charge in [-0.25, -0.2) is 0 Å². The predicted octanol–water partition coefficient (Wildman–Crippen LogP) is 12.6. The second-order valence-electron chi connectivity index (χ2n) is 17.1. The minimum absolute atomic E-state index is 0.00737. The molecule has 2 N–H and O–H groups in total. The maximum Gasteiger partial charge on any atom is 0.268 e. The molecule has 3 atom stereocenters. The molecule has 0 bridgehead atoms. The molecule has 8 nitrogen and oxygen atoms in total. The second-order valence-corrected chi connectivity index (χ2v) is 18.5. The monoisotopic (exact) mass is 823 g/mol. The quantitative estimate of drug-likeness (QED) is 0.0275. The molecule has 0 spiro atoms. The van der Waals surface area contributed by atoms with Gasteiger partial charge >= 0.3 is 0 Å². The van der Waals surface area contributed by atoms with E-state index in [1.165, 1.54) is 135 Å². The second kappa shape index (κ2) is 39.9. The highest BCUT2D eigenvalue weighted by Crippen LogP contribution is 2.38. The third kappa shape index (κ3) is 42.4. The number of carbonyl (C=O) groups excluding carboxylic acids is 1. The lowest BCUT2D eigenvalue weighted by atomic mass is 10.0. The lowest BCUT2D eigenvalue weighted by Gasteiger charge is -2.29. The molecule has 0 radical (unpaired) electrons. The van der Waals surface area contributed by atoms with E-state index in [4.69, 9.17) is 9.05 Å². The van der Waals surface area contributed by atoms with Gasteiger partial charge in [-0.15, -0.1) is 0 Å². The molecule has 334 valence electrons. The van der Waals surface area contributed by atoms with Gasteiger partial charge in [0.25, 0.3) is 7.82 Å². The van der Waals surface area contributed by atoms with Crippen LogP contribution in [0.25, 0.3) is 0 Å². The van der Waals surface area contributed by atoms with Crippen LogP contribution < -0.4 is 10.2 Å². The van der Waals surface area contributed by atoms with E-state index < -0.39 is 26.6 Å².